The number of aromatic nitrogens is 1. The lowest BCUT2D eigenvalue weighted by molar-refractivity contribution is -0.00523. The summed E-state index contributed by atoms with van der Waals surface area (Å²) in [5, 5.41) is 0.854. The first kappa shape index (κ1) is 12.3. The molecule has 2 heterocycles. The van der Waals surface area contributed by atoms with E-state index in [2.05, 4.69) is 14.6 Å². The Kier molecular flexibility index (Phi) is 3.63. The van der Waals surface area contributed by atoms with Gasteiger partial charge in [0, 0.05) is 13.1 Å². The van der Waals surface area contributed by atoms with Crippen LogP contribution in [0.2, 0.25) is 0 Å². The number of rotatable bonds is 2. The second-order valence-corrected chi connectivity index (χ2v) is 5.17. The molecule has 94 valence electrons. The number of ether oxygens (including phenoxy) is 2. The van der Waals surface area contributed by atoms with Crippen LogP contribution in [0.3, 0.4) is 0 Å². The maximum absolute atomic E-state index is 11.3. The van der Waals surface area contributed by atoms with Crippen molar-refractivity contribution in [3.63, 3.8) is 0 Å². The SMILES string of the molecule is COC(=O)c1cnc(N2C[C@@H](C)O[C@@H](C)C2)s1. The van der Waals surface area contributed by atoms with Crippen LogP contribution in [0.5, 0.6) is 0 Å². The Hall–Kier alpha value is -1.14. The number of esters is 1. The average molecular weight is 256 g/mol. The largest absolute Gasteiger partial charge is 0.465 e. The Morgan fingerprint density at radius 2 is 2.18 bits per heavy atom. The van der Waals surface area contributed by atoms with Crippen molar-refractivity contribution in [2.24, 2.45) is 0 Å². The van der Waals surface area contributed by atoms with Gasteiger partial charge in [-0.2, -0.15) is 0 Å². The molecule has 1 saturated heterocycles. The van der Waals surface area contributed by atoms with Crippen LogP contribution in [0.25, 0.3) is 0 Å². The minimum atomic E-state index is -0.330. The van der Waals surface area contributed by atoms with E-state index in [1.807, 2.05) is 13.8 Å². The Labute approximate surface area is 104 Å². The molecule has 1 aliphatic rings. The molecular weight excluding hydrogens is 240 g/mol. The van der Waals surface area contributed by atoms with Crippen molar-refractivity contribution >= 4 is 22.4 Å². The minimum Gasteiger partial charge on any atom is -0.465 e. The van der Waals surface area contributed by atoms with E-state index in [0.29, 0.717) is 4.88 Å². The van der Waals surface area contributed by atoms with Gasteiger partial charge in [0.1, 0.15) is 4.88 Å². The lowest BCUT2D eigenvalue weighted by Crippen LogP contribution is -2.45. The fraction of sp³-hybridized carbons (Fsp3) is 0.636. The monoisotopic (exact) mass is 256 g/mol. The van der Waals surface area contributed by atoms with Crippen LogP contribution in [0, 0.1) is 0 Å². The molecule has 0 saturated carbocycles. The molecule has 1 fully saturated rings. The van der Waals surface area contributed by atoms with Gasteiger partial charge < -0.3 is 14.4 Å². The predicted molar refractivity (Wildman–Crippen MR) is 65.7 cm³/mol. The molecule has 1 aromatic rings. The number of thiazole rings is 1. The number of nitrogens with zero attached hydrogens (tertiary/aromatic N) is 2. The van der Waals surface area contributed by atoms with Crippen molar-refractivity contribution in [2.75, 3.05) is 25.1 Å². The summed E-state index contributed by atoms with van der Waals surface area (Å²) in [5.74, 6) is -0.330. The van der Waals surface area contributed by atoms with E-state index in [0.717, 1.165) is 18.2 Å². The summed E-state index contributed by atoms with van der Waals surface area (Å²) in [5.41, 5.74) is 0. The van der Waals surface area contributed by atoms with Crippen LogP contribution in [0.4, 0.5) is 5.13 Å². The fourth-order valence-electron chi connectivity index (χ4n) is 1.94. The average Bonchev–Trinajstić information content (AvgIpc) is 2.76. The summed E-state index contributed by atoms with van der Waals surface area (Å²) in [6.07, 6.45) is 1.94. The molecule has 6 heteroatoms. The van der Waals surface area contributed by atoms with E-state index in [1.54, 1.807) is 6.20 Å². The first-order chi connectivity index (χ1) is 8.10. The fourth-order valence-corrected chi connectivity index (χ4v) is 2.79. The Balaban J connectivity index is 2.11. The highest BCUT2D eigenvalue weighted by Gasteiger charge is 2.25. The molecule has 1 aromatic heterocycles. The van der Waals surface area contributed by atoms with Crippen LogP contribution in [-0.2, 0) is 9.47 Å². The van der Waals surface area contributed by atoms with Crippen LogP contribution >= 0.6 is 11.3 Å². The number of morpholine rings is 1. The summed E-state index contributed by atoms with van der Waals surface area (Å²) in [6, 6.07) is 0. The van der Waals surface area contributed by atoms with Gasteiger partial charge in [-0.15, -0.1) is 0 Å². The molecule has 2 atom stereocenters. The molecular formula is C11H16N2O3S. The van der Waals surface area contributed by atoms with Gasteiger partial charge in [0.05, 0.1) is 25.5 Å². The lowest BCUT2D eigenvalue weighted by atomic mass is 10.2. The molecule has 0 N–H and O–H groups in total. The van der Waals surface area contributed by atoms with Gasteiger partial charge in [0.25, 0.3) is 0 Å². The maximum atomic E-state index is 11.3. The Morgan fingerprint density at radius 1 is 1.53 bits per heavy atom. The van der Waals surface area contributed by atoms with Crippen LogP contribution in [0.1, 0.15) is 23.5 Å². The van der Waals surface area contributed by atoms with Crippen LogP contribution in [0.15, 0.2) is 6.20 Å². The summed E-state index contributed by atoms with van der Waals surface area (Å²) in [6.45, 7) is 5.69. The minimum absolute atomic E-state index is 0.184. The summed E-state index contributed by atoms with van der Waals surface area (Å²) in [4.78, 5) is 18.3. The van der Waals surface area contributed by atoms with Gasteiger partial charge in [-0.25, -0.2) is 9.78 Å². The lowest BCUT2D eigenvalue weighted by Gasteiger charge is -2.35. The van der Waals surface area contributed by atoms with Crippen molar-refractivity contribution < 1.29 is 14.3 Å². The van der Waals surface area contributed by atoms with Crippen molar-refractivity contribution in [3.8, 4) is 0 Å². The second kappa shape index (κ2) is 5.01. The van der Waals surface area contributed by atoms with Gasteiger partial charge in [-0.05, 0) is 13.8 Å². The summed E-state index contributed by atoms with van der Waals surface area (Å²) < 4.78 is 10.3. The van der Waals surface area contributed by atoms with E-state index >= 15 is 0 Å². The maximum Gasteiger partial charge on any atom is 0.349 e. The van der Waals surface area contributed by atoms with Gasteiger partial charge in [-0.3, -0.25) is 0 Å². The van der Waals surface area contributed by atoms with Crippen molar-refractivity contribution in [1.82, 2.24) is 4.98 Å². The number of methoxy groups -OCH3 is 1. The molecule has 17 heavy (non-hydrogen) atoms. The zero-order valence-corrected chi connectivity index (χ0v) is 11.0. The quantitative estimate of drug-likeness (QED) is 0.751. The molecule has 2 rings (SSSR count). The first-order valence-electron chi connectivity index (χ1n) is 5.54. The molecule has 0 spiro atoms. The molecule has 0 aromatic carbocycles. The van der Waals surface area contributed by atoms with Gasteiger partial charge >= 0.3 is 5.97 Å². The Bertz CT molecular complexity index is 397. The summed E-state index contributed by atoms with van der Waals surface area (Å²) in [7, 11) is 1.38. The zero-order valence-electron chi connectivity index (χ0n) is 10.2. The molecule has 5 nitrogen and oxygen atoms in total. The van der Waals surface area contributed by atoms with E-state index < -0.39 is 0 Å². The first-order valence-corrected chi connectivity index (χ1v) is 6.36. The molecule has 0 bridgehead atoms. The summed E-state index contributed by atoms with van der Waals surface area (Å²) >= 11 is 1.36. The zero-order chi connectivity index (χ0) is 12.4. The van der Waals surface area contributed by atoms with E-state index in [4.69, 9.17) is 4.74 Å². The molecule has 1 aliphatic heterocycles. The number of carbonyl (C=O) groups excluding carboxylic acids is 1. The highest BCUT2D eigenvalue weighted by molar-refractivity contribution is 7.17. The highest BCUT2D eigenvalue weighted by atomic mass is 32.1. The smallest absolute Gasteiger partial charge is 0.349 e. The second-order valence-electron chi connectivity index (χ2n) is 4.16. The topological polar surface area (TPSA) is 51.7 Å². The van der Waals surface area contributed by atoms with Crippen molar-refractivity contribution in [3.05, 3.63) is 11.1 Å². The van der Waals surface area contributed by atoms with Gasteiger partial charge in [0.15, 0.2) is 5.13 Å². The molecule has 0 amide bonds. The van der Waals surface area contributed by atoms with E-state index in [1.165, 1.54) is 18.4 Å². The number of carbonyl (C=O) groups is 1. The normalized spacial score (nSPS) is 24.8. The number of anilines is 1. The number of hydrogen-bond acceptors (Lipinski definition) is 6. The third kappa shape index (κ3) is 2.76. The van der Waals surface area contributed by atoms with Crippen molar-refractivity contribution in [2.45, 2.75) is 26.1 Å². The predicted octanol–water partition coefficient (Wildman–Crippen LogP) is 1.54. The highest BCUT2D eigenvalue weighted by Crippen LogP contribution is 2.26. The van der Waals surface area contributed by atoms with E-state index in [-0.39, 0.29) is 18.2 Å². The third-order valence-corrected chi connectivity index (χ3v) is 3.61. The van der Waals surface area contributed by atoms with Gasteiger partial charge in [-0.1, -0.05) is 11.3 Å². The molecule has 0 aliphatic carbocycles. The number of hydrogen-bond donors (Lipinski definition) is 0. The van der Waals surface area contributed by atoms with Crippen LogP contribution in [-0.4, -0.2) is 43.4 Å². The molecule has 0 radical (unpaired) electrons. The standard InChI is InChI=1S/C11H16N2O3S/c1-7-5-13(6-8(2)16-7)11-12-4-9(17-11)10(14)15-3/h4,7-8H,5-6H2,1-3H3/t7-,8+. The molecule has 0 unspecified atom stereocenters. The van der Waals surface area contributed by atoms with E-state index in [9.17, 15) is 4.79 Å². The Morgan fingerprint density at radius 3 is 2.76 bits per heavy atom. The third-order valence-electron chi connectivity index (χ3n) is 2.57. The van der Waals surface area contributed by atoms with Gasteiger partial charge in [0.2, 0.25) is 0 Å². The van der Waals surface area contributed by atoms with Crippen molar-refractivity contribution in [1.29, 1.82) is 0 Å². The van der Waals surface area contributed by atoms with Crippen LogP contribution < -0.4 is 4.90 Å².